The van der Waals surface area contributed by atoms with Crippen LogP contribution in [0.2, 0.25) is 0 Å². The van der Waals surface area contributed by atoms with Crippen LogP contribution in [0.25, 0.3) is 0 Å². The highest BCUT2D eigenvalue weighted by atomic mass is 16.5. The molecular weight excluding hydrogens is 350 g/mol. The molecule has 2 rings (SSSR count). The maximum absolute atomic E-state index is 12.1. The molecule has 8 nitrogen and oxygen atoms in total. The topological polar surface area (TPSA) is 98.7 Å². The van der Waals surface area contributed by atoms with Gasteiger partial charge in [0.1, 0.15) is 0 Å². The fourth-order valence-corrected chi connectivity index (χ4v) is 2.47. The summed E-state index contributed by atoms with van der Waals surface area (Å²) in [7, 11) is 1.60. The van der Waals surface area contributed by atoms with E-state index in [1.54, 1.807) is 44.5 Å². The molecule has 0 saturated carbocycles. The lowest BCUT2D eigenvalue weighted by molar-refractivity contribution is -0.118. The molecule has 0 saturated heterocycles. The quantitative estimate of drug-likeness (QED) is 0.735. The number of carbonyl (C=O) groups is 2. The Balaban J connectivity index is 2.01. The van der Waals surface area contributed by atoms with Crippen molar-refractivity contribution >= 4 is 23.2 Å². The van der Waals surface area contributed by atoms with E-state index in [9.17, 15) is 14.4 Å². The minimum atomic E-state index is -0.416. The molecule has 0 aliphatic heterocycles. The molecule has 0 aliphatic rings. The van der Waals surface area contributed by atoms with Crippen molar-refractivity contribution in [2.75, 3.05) is 31.0 Å². The second-order valence-corrected chi connectivity index (χ2v) is 5.88. The first-order valence-electron chi connectivity index (χ1n) is 8.40. The van der Waals surface area contributed by atoms with Gasteiger partial charge in [0.2, 0.25) is 11.3 Å². The van der Waals surface area contributed by atoms with Crippen LogP contribution >= 0.6 is 0 Å². The van der Waals surface area contributed by atoms with Crippen LogP contribution in [0.3, 0.4) is 0 Å². The predicted molar refractivity (Wildman–Crippen MR) is 102 cm³/mol. The molecule has 144 valence electrons. The molecule has 1 aromatic heterocycles. The number of carbonyl (C=O) groups excluding carboxylic acids is 2. The Bertz CT molecular complexity index is 876. The number of ether oxygens (including phenoxy) is 2. The van der Waals surface area contributed by atoms with Crippen LogP contribution in [0.1, 0.15) is 12.6 Å². The number of hydrogen-bond donors (Lipinski definition) is 2. The Kier molecular flexibility index (Phi) is 7.13. The van der Waals surface area contributed by atoms with Crippen molar-refractivity contribution < 1.29 is 19.1 Å². The van der Waals surface area contributed by atoms with Crippen LogP contribution in [0, 0.1) is 6.92 Å². The van der Waals surface area contributed by atoms with Crippen LogP contribution in [-0.2, 0) is 20.9 Å². The van der Waals surface area contributed by atoms with Crippen LogP contribution in [-0.4, -0.2) is 36.7 Å². The lowest BCUT2D eigenvalue weighted by Crippen LogP contribution is -2.24. The summed E-state index contributed by atoms with van der Waals surface area (Å²) in [5, 5.41) is 5.31. The zero-order chi connectivity index (χ0) is 19.8. The summed E-state index contributed by atoms with van der Waals surface area (Å²) in [6, 6.07) is 8.13. The predicted octanol–water partition coefficient (Wildman–Crippen LogP) is 1.78. The summed E-state index contributed by atoms with van der Waals surface area (Å²) in [6.45, 7) is 3.91. The van der Waals surface area contributed by atoms with Gasteiger partial charge in [-0.1, -0.05) is 6.07 Å². The molecule has 2 N–H and O–H groups in total. The van der Waals surface area contributed by atoms with Gasteiger partial charge in [-0.25, -0.2) is 0 Å². The Hall–Kier alpha value is -3.13. The average Bonchev–Trinajstić information content (AvgIpc) is 2.60. The maximum Gasteiger partial charge on any atom is 0.262 e. The van der Waals surface area contributed by atoms with Gasteiger partial charge in [-0.2, -0.15) is 0 Å². The van der Waals surface area contributed by atoms with E-state index in [1.807, 2.05) is 4.57 Å². The zero-order valence-corrected chi connectivity index (χ0v) is 15.6. The van der Waals surface area contributed by atoms with Gasteiger partial charge < -0.3 is 24.7 Å². The molecule has 2 aromatic rings. The number of amides is 2. The third-order valence-corrected chi connectivity index (χ3v) is 3.74. The Morgan fingerprint density at radius 2 is 1.85 bits per heavy atom. The molecule has 2 amide bonds. The van der Waals surface area contributed by atoms with Gasteiger partial charge >= 0.3 is 0 Å². The molecule has 0 spiro atoms. The van der Waals surface area contributed by atoms with E-state index in [2.05, 4.69) is 10.6 Å². The fourth-order valence-electron chi connectivity index (χ4n) is 2.47. The van der Waals surface area contributed by atoms with E-state index >= 15 is 0 Å². The number of anilines is 2. The third-order valence-electron chi connectivity index (χ3n) is 3.74. The normalized spacial score (nSPS) is 10.3. The van der Waals surface area contributed by atoms with Crippen molar-refractivity contribution in [1.29, 1.82) is 0 Å². The molecule has 0 aliphatic carbocycles. The lowest BCUT2D eigenvalue weighted by Gasteiger charge is -2.14. The van der Waals surface area contributed by atoms with E-state index in [-0.39, 0.29) is 23.7 Å². The molecule has 0 unspecified atom stereocenters. The van der Waals surface area contributed by atoms with Crippen molar-refractivity contribution in [2.45, 2.75) is 20.4 Å². The fraction of sp³-hybridized carbons (Fsp3) is 0.316. The van der Waals surface area contributed by atoms with Crippen molar-refractivity contribution in [1.82, 2.24) is 4.57 Å². The van der Waals surface area contributed by atoms with Crippen molar-refractivity contribution in [3.05, 3.63) is 52.4 Å². The number of methoxy groups -OCH3 is 1. The number of nitrogens with zero attached hydrogens (tertiary/aromatic N) is 1. The Labute approximate surface area is 157 Å². The van der Waals surface area contributed by atoms with Gasteiger partial charge in [-0.15, -0.1) is 0 Å². The molecule has 0 atom stereocenters. The van der Waals surface area contributed by atoms with Gasteiger partial charge in [-0.05, 0) is 25.1 Å². The summed E-state index contributed by atoms with van der Waals surface area (Å²) < 4.78 is 12.3. The highest BCUT2D eigenvalue weighted by Crippen LogP contribution is 2.15. The summed E-state index contributed by atoms with van der Waals surface area (Å²) in [4.78, 5) is 35.3. The van der Waals surface area contributed by atoms with Gasteiger partial charge in [0.25, 0.3) is 5.91 Å². The van der Waals surface area contributed by atoms with E-state index in [1.165, 1.54) is 13.0 Å². The highest BCUT2D eigenvalue weighted by Gasteiger charge is 2.11. The monoisotopic (exact) mass is 373 g/mol. The first-order valence-corrected chi connectivity index (χ1v) is 8.40. The third kappa shape index (κ3) is 5.96. The number of benzene rings is 1. The van der Waals surface area contributed by atoms with Gasteiger partial charge in [0.15, 0.2) is 12.4 Å². The minimum absolute atomic E-state index is 0.135. The van der Waals surface area contributed by atoms with Crippen LogP contribution in [0.5, 0.6) is 5.75 Å². The first-order chi connectivity index (χ1) is 12.9. The minimum Gasteiger partial charge on any atom is -0.478 e. The molecular formula is C19H23N3O5. The van der Waals surface area contributed by atoms with Crippen LogP contribution in [0.15, 0.2) is 41.3 Å². The molecule has 8 heteroatoms. The molecule has 0 bridgehead atoms. The van der Waals surface area contributed by atoms with Gasteiger partial charge in [0, 0.05) is 44.2 Å². The average molecular weight is 373 g/mol. The van der Waals surface area contributed by atoms with Crippen molar-refractivity contribution in [2.24, 2.45) is 0 Å². The van der Waals surface area contributed by atoms with Gasteiger partial charge in [0.05, 0.1) is 12.3 Å². The largest absolute Gasteiger partial charge is 0.478 e. The smallest absolute Gasteiger partial charge is 0.262 e. The zero-order valence-electron chi connectivity index (χ0n) is 15.6. The van der Waals surface area contributed by atoms with E-state index in [0.717, 1.165) is 0 Å². The molecule has 1 heterocycles. The Morgan fingerprint density at radius 3 is 2.52 bits per heavy atom. The van der Waals surface area contributed by atoms with Crippen molar-refractivity contribution in [3.8, 4) is 5.75 Å². The van der Waals surface area contributed by atoms with Crippen LogP contribution in [0.4, 0.5) is 11.4 Å². The molecule has 0 fully saturated rings. The first kappa shape index (κ1) is 20.2. The van der Waals surface area contributed by atoms with Crippen molar-refractivity contribution in [3.63, 3.8) is 0 Å². The summed E-state index contributed by atoms with van der Waals surface area (Å²) in [6.07, 6.45) is 1.66. The summed E-state index contributed by atoms with van der Waals surface area (Å²) in [5.74, 6) is -0.483. The number of rotatable bonds is 8. The SMILES string of the molecule is COCCn1ccc(=O)c(OCC(=O)Nc2cccc(NC(C)=O)c2)c1C. The molecule has 27 heavy (non-hydrogen) atoms. The van der Waals surface area contributed by atoms with Crippen LogP contribution < -0.4 is 20.8 Å². The standard InChI is InChI=1S/C19H23N3O5/c1-13-19(17(24)7-8-22(13)9-10-26-3)27-12-18(25)21-16-6-4-5-15(11-16)20-14(2)23/h4-8,11H,9-10,12H2,1-3H3,(H,20,23)(H,21,25). The van der Waals surface area contributed by atoms with E-state index in [0.29, 0.717) is 30.2 Å². The molecule has 1 aromatic carbocycles. The number of aromatic nitrogens is 1. The molecule has 0 radical (unpaired) electrons. The van der Waals surface area contributed by atoms with E-state index in [4.69, 9.17) is 9.47 Å². The van der Waals surface area contributed by atoms with E-state index < -0.39 is 5.91 Å². The maximum atomic E-state index is 12.1. The summed E-state index contributed by atoms with van der Waals surface area (Å²) >= 11 is 0. The highest BCUT2D eigenvalue weighted by molar-refractivity contribution is 5.94. The lowest BCUT2D eigenvalue weighted by atomic mass is 10.2. The number of pyridine rings is 1. The Morgan fingerprint density at radius 1 is 1.15 bits per heavy atom. The number of nitrogens with one attached hydrogen (secondary N) is 2. The number of hydrogen-bond acceptors (Lipinski definition) is 5. The van der Waals surface area contributed by atoms with Gasteiger partial charge in [-0.3, -0.25) is 14.4 Å². The summed E-state index contributed by atoms with van der Waals surface area (Å²) in [5.41, 5.74) is 1.42. The second kappa shape index (κ2) is 9.54. The second-order valence-electron chi connectivity index (χ2n) is 5.88.